The SMILES string of the molecule is CCCCC(CN)NC(=O)Cc1ccccc1[N+](=O)[O-].Cl. The van der Waals surface area contributed by atoms with Crippen molar-refractivity contribution in [2.75, 3.05) is 6.54 Å². The van der Waals surface area contributed by atoms with E-state index in [4.69, 9.17) is 5.73 Å². The lowest BCUT2D eigenvalue weighted by atomic mass is 10.1. The van der Waals surface area contributed by atoms with Gasteiger partial charge >= 0.3 is 0 Å². The van der Waals surface area contributed by atoms with Gasteiger partial charge in [-0.05, 0) is 6.42 Å². The summed E-state index contributed by atoms with van der Waals surface area (Å²) < 4.78 is 0. The summed E-state index contributed by atoms with van der Waals surface area (Å²) in [6.07, 6.45) is 2.86. The van der Waals surface area contributed by atoms with Crippen molar-refractivity contribution < 1.29 is 9.72 Å². The highest BCUT2D eigenvalue weighted by Crippen LogP contribution is 2.18. The Hall–Kier alpha value is -1.66. The number of halogens is 1. The quantitative estimate of drug-likeness (QED) is 0.567. The Balaban J connectivity index is 0.00000400. The van der Waals surface area contributed by atoms with Crippen LogP contribution >= 0.6 is 12.4 Å². The summed E-state index contributed by atoms with van der Waals surface area (Å²) in [5, 5.41) is 13.7. The Morgan fingerprint density at radius 2 is 2.10 bits per heavy atom. The molecule has 1 amide bonds. The van der Waals surface area contributed by atoms with Crippen LogP contribution in [0.5, 0.6) is 0 Å². The first-order valence-corrected chi connectivity index (χ1v) is 6.80. The number of carbonyl (C=O) groups excluding carboxylic acids is 1. The molecular formula is C14H22ClN3O3. The molecular weight excluding hydrogens is 294 g/mol. The lowest BCUT2D eigenvalue weighted by Crippen LogP contribution is -2.40. The third kappa shape index (κ3) is 6.55. The molecule has 1 unspecified atom stereocenters. The van der Waals surface area contributed by atoms with Gasteiger partial charge in [-0.15, -0.1) is 12.4 Å². The molecule has 0 saturated carbocycles. The lowest BCUT2D eigenvalue weighted by Gasteiger charge is -2.16. The zero-order valence-corrected chi connectivity index (χ0v) is 12.9. The molecule has 118 valence electrons. The molecule has 0 aliphatic rings. The van der Waals surface area contributed by atoms with Crippen LogP contribution in [0.15, 0.2) is 24.3 Å². The number of benzene rings is 1. The summed E-state index contributed by atoms with van der Waals surface area (Å²) in [4.78, 5) is 22.3. The molecule has 1 aromatic rings. The van der Waals surface area contributed by atoms with Gasteiger partial charge in [-0.2, -0.15) is 0 Å². The number of hydrogen-bond acceptors (Lipinski definition) is 4. The molecule has 6 nitrogen and oxygen atoms in total. The van der Waals surface area contributed by atoms with E-state index in [1.54, 1.807) is 18.2 Å². The lowest BCUT2D eigenvalue weighted by molar-refractivity contribution is -0.385. The number of nitrogens with two attached hydrogens (primary N) is 1. The monoisotopic (exact) mass is 315 g/mol. The minimum Gasteiger partial charge on any atom is -0.352 e. The van der Waals surface area contributed by atoms with Crippen molar-refractivity contribution in [3.05, 3.63) is 39.9 Å². The van der Waals surface area contributed by atoms with Crippen molar-refractivity contribution in [3.63, 3.8) is 0 Å². The average molecular weight is 316 g/mol. The molecule has 0 aliphatic carbocycles. The summed E-state index contributed by atoms with van der Waals surface area (Å²) in [7, 11) is 0. The fourth-order valence-electron chi connectivity index (χ4n) is 1.99. The second kappa shape index (κ2) is 10.1. The highest BCUT2D eigenvalue weighted by atomic mass is 35.5. The van der Waals surface area contributed by atoms with Crippen molar-refractivity contribution in [1.29, 1.82) is 0 Å². The van der Waals surface area contributed by atoms with Crippen LogP contribution in [0.4, 0.5) is 5.69 Å². The second-order valence-corrected chi connectivity index (χ2v) is 4.70. The van der Waals surface area contributed by atoms with Crippen LogP contribution in [0, 0.1) is 10.1 Å². The molecule has 1 atom stereocenters. The van der Waals surface area contributed by atoms with Gasteiger partial charge in [-0.1, -0.05) is 38.0 Å². The molecule has 0 bridgehead atoms. The van der Waals surface area contributed by atoms with Crippen molar-refractivity contribution in [2.45, 2.75) is 38.6 Å². The smallest absolute Gasteiger partial charge is 0.273 e. The maximum Gasteiger partial charge on any atom is 0.273 e. The number of nitrogens with one attached hydrogen (secondary N) is 1. The number of hydrogen-bond donors (Lipinski definition) is 2. The Bertz CT molecular complexity index is 469. The Kier molecular flexibility index (Phi) is 9.32. The minimum atomic E-state index is -0.472. The summed E-state index contributed by atoms with van der Waals surface area (Å²) in [6, 6.07) is 6.21. The van der Waals surface area contributed by atoms with Crippen LogP contribution in [0.25, 0.3) is 0 Å². The maximum absolute atomic E-state index is 11.9. The first-order chi connectivity index (χ1) is 9.58. The fourth-order valence-corrected chi connectivity index (χ4v) is 1.99. The number of nitrogens with zero attached hydrogens (tertiary/aromatic N) is 1. The van der Waals surface area contributed by atoms with Crippen LogP contribution < -0.4 is 11.1 Å². The van der Waals surface area contributed by atoms with Crippen molar-refractivity contribution in [3.8, 4) is 0 Å². The molecule has 0 heterocycles. The number of carbonyl (C=O) groups is 1. The molecule has 21 heavy (non-hydrogen) atoms. The van der Waals surface area contributed by atoms with Gasteiger partial charge in [0, 0.05) is 24.2 Å². The van der Waals surface area contributed by atoms with Gasteiger partial charge in [-0.25, -0.2) is 0 Å². The van der Waals surface area contributed by atoms with Gasteiger partial charge in [0.2, 0.25) is 5.91 Å². The van der Waals surface area contributed by atoms with Gasteiger partial charge < -0.3 is 11.1 Å². The first-order valence-electron chi connectivity index (χ1n) is 6.80. The van der Waals surface area contributed by atoms with E-state index in [9.17, 15) is 14.9 Å². The summed E-state index contributed by atoms with van der Waals surface area (Å²) in [5.74, 6) is -0.231. The number of nitro benzene ring substituents is 1. The van der Waals surface area contributed by atoms with Gasteiger partial charge in [0.05, 0.1) is 11.3 Å². The minimum absolute atomic E-state index is 0. The van der Waals surface area contributed by atoms with Crippen LogP contribution in [-0.4, -0.2) is 23.4 Å². The van der Waals surface area contributed by atoms with Crippen LogP contribution in [0.2, 0.25) is 0 Å². The van der Waals surface area contributed by atoms with Crippen LogP contribution in [0.3, 0.4) is 0 Å². The summed E-state index contributed by atoms with van der Waals surface area (Å²) in [5.41, 5.74) is 6.00. The van der Waals surface area contributed by atoms with E-state index in [-0.39, 0.29) is 36.5 Å². The summed E-state index contributed by atoms with van der Waals surface area (Å²) >= 11 is 0. The van der Waals surface area contributed by atoms with Crippen LogP contribution in [0.1, 0.15) is 31.7 Å². The molecule has 0 aliphatic heterocycles. The highest BCUT2D eigenvalue weighted by Gasteiger charge is 2.17. The number of para-hydroxylation sites is 1. The zero-order chi connectivity index (χ0) is 15.0. The molecule has 0 aromatic heterocycles. The molecule has 0 spiro atoms. The summed E-state index contributed by atoms with van der Waals surface area (Å²) in [6.45, 7) is 2.45. The van der Waals surface area contributed by atoms with Gasteiger partial charge in [0.1, 0.15) is 0 Å². The largest absolute Gasteiger partial charge is 0.352 e. The van der Waals surface area contributed by atoms with Gasteiger partial charge in [-0.3, -0.25) is 14.9 Å². The molecule has 1 aromatic carbocycles. The van der Waals surface area contributed by atoms with E-state index < -0.39 is 4.92 Å². The Morgan fingerprint density at radius 3 is 2.67 bits per heavy atom. The molecule has 0 saturated heterocycles. The average Bonchev–Trinajstić information content (AvgIpc) is 2.43. The normalized spacial score (nSPS) is 11.3. The van der Waals surface area contributed by atoms with E-state index in [0.29, 0.717) is 12.1 Å². The first kappa shape index (κ1) is 19.3. The van der Waals surface area contributed by atoms with Gasteiger partial charge in [0.25, 0.3) is 5.69 Å². The molecule has 3 N–H and O–H groups in total. The standard InChI is InChI=1S/C14H21N3O3.ClH/c1-2-3-7-12(10-15)16-14(18)9-11-6-4-5-8-13(11)17(19)20;/h4-6,8,12H,2-3,7,9-10,15H2,1H3,(H,16,18);1H. The molecule has 0 radical (unpaired) electrons. The van der Waals surface area contributed by atoms with E-state index in [1.165, 1.54) is 6.07 Å². The van der Waals surface area contributed by atoms with E-state index in [2.05, 4.69) is 12.2 Å². The zero-order valence-electron chi connectivity index (χ0n) is 12.1. The topological polar surface area (TPSA) is 98.3 Å². The van der Waals surface area contributed by atoms with Crippen molar-refractivity contribution in [2.24, 2.45) is 5.73 Å². The van der Waals surface area contributed by atoms with Crippen molar-refractivity contribution in [1.82, 2.24) is 5.32 Å². The Morgan fingerprint density at radius 1 is 1.43 bits per heavy atom. The second-order valence-electron chi connectivity index (χ2n) is 4.70. The van der Waals surface area contributed by atoms with Crippen LogP contribution in [-0.2, 0) is 11.2 Å². The number of nitro groups is 1. The van der Waals surface area contributed by atoms with E-state index in [1.807, 2.05) is 0 Å². The number of amides is 1. The number of rotatable bonds is 8. The highest BCUT2D eigenvalue weighted by molar-refractivity contribution is 5.85. The predicted octanol–water partition coefficient (Wildman–Crippen LogP) is 2.19. The van der Waals surface area contributed by atoms with Crippen molar-refractivity contribution >= 4 is 24.0 Å². The number of unbranched alkanes of at least 4 members (excludes halogenated alkanes) is 1. The molecule has 7 heteroatoms. The third-order valence-electron chi connectivity index (χ3n) is 3.10. The Labute approximate surface area is 130 Å². The molecule has 0 fully saturated rings. The van der Waals surface area contributed by atoms with E-state index >= 15 is 0 Å². The van der Waals surface area contributed by atoms with Gasteiger partial charge in [0.15, 0.2) is 0 Å². The predicted molar refractivity (Wildman–Crippen MR) is 84.6 cm³/mol. The van der Waals surface area contributed by atoms with E-state index in [0.717, 1.165) is 19.3 Å². The third-order valence-corrected chi connectivity index (χ3v) is 3.10. The molecule has 1 rings (SSSR count). The fraction of sp³-hybridized carbons (Fsp3) is 0.500. The maximum atomic E-state index is 11.9.